The van der Waals surface area contributed by atoms with Gasteiger partial charge < -0.3 is 5.32 Å². The smallest absolute Gasteiger partial charge is 0.226 e. The molecule has 7 nitrogen and oxygen atoms in total. The van der Waals surface area contributed by atoms with Gasteiger partial charge in [0.15, 0.2) is 0 Å². The summed E-state index contributed by atoms with van der Waals surface area (Å²) in [5, 5.41) is 14.7. The molecular weight excluding hydrogens is 360 g/mol. The number of aryl methyl sites for hydroxylation is 1. The van der Waals surface area contributed by atoms with E-state index in [-0.39, 0.29) is 11.8 Å². The van der Waals surface area contributed by atoms with E-state index < -0.39 is 0 Å². The zero-order valence-electron chi connectivity index (χ0n) is 14.5. The lowest BCUT2D eigenvalue weighted by molar-refractivity contribution is -0.116. The molecule has 5 rings (SSSR count). The summed E-state index contributed by atoms with van der Waals surface area (Å²) in [5.74, 6) is 0.718. The number of nitrogens with zero attached hydrogens (tertiary/aromatic N) is 4. The largest absolute Gasteiger partial charge is 0.311 e. The van der Waals surface area contributed by atoms with E-state index in [1.165, 1.54) is 0 Å². The third-order valence-electron chi connectivity index (χ3n) is 4.75. The molecule has 0 saturated carbocycles. The molecule has 27 heavy (non-hydrogen) atoms. The molecule has 5 heterocycles. The van der Waals surface area contributed by atoms with Gasteiger partial charge >= 0.3 is 0 Å². The van der Waals surface area contributed by atoms with Gasteiger partial charge in [-0.3, -0.25) is 19.6 Å². The quantitative estimate of drug-likeness (QED) is 0.573. The van der Waals surface area contributed by atoms with Crippen molar-refractivity contribution in [2.45, 2.75) is 12.3 Å². The second-order valence-electron chi connectivity index (χ2n) is 6.45. The molecule has 2 N–H and O–H groups in total. The van der Waals surface area contributed by atoms with Crippen molar-refractivity contribution in [3.05, 3.63) is 59.4 Å². The Kier molecular flexibility index (Phi) is 3.64. The van der Waals surface area contributed by atoms with E-state index in [1.807, 2.05) is 25.2 Å². The molecule has 1 aliphatic heterocycles. The minimum atomic E-state index is -0.0423. The number of nitrogens with one attached hydrogen (secondary N) is 2. The van der Waals surface area contributed by atoms with Crippen LogP contribution in [0, 0.1) is 0 Å². The molecule has 0 bridgehead atoms. The molecule has 0 aliphatic carbocycles. The molecule has 0 unspecified atom stereocenters. The van der Waals surface area contributed by atoms with Crippen LogP contribution in [0.4, 0.5) is 5.82 Å². The van der Waals surface area contributed by atoms with Gasteiger partial charge in [-0.15, -0.1) is 11.3 Å². The van der Waals surface area contributed by atoms with E-state index in [9.17, 15) is 4.79 Å². The molecule has 1 aliphatic rings. The fourth-order valence-corrected chi connectivity index (χ4v) is 4.62. The van der Waals surface area contributed by atoms with Crippen LogP contribution in [-0.2, 0) is 11.8 Å². The topological polar surface area (TPSA) is 88.5 Å². The number of pyridine rings is 1. The second kappa shape index (κ2) is 6.17. The van der Waals surface area contributed by atoms with Gasteiger partial charge in [-0.1, -0.05) is 0 Å². The number of aromatic nitrogens is 5. The molecule has 0 saturated heterocycles. The van der Waals surface area contributed by atoms with Crippen molar-refractivity contribution in [3.8, 4) is 21.8 Å². The molecule has 0 aromatic carbocycles. The zero-order valence-corrected chi connectivity index (χ0v) is 15.3. The first-order valence-electron chi connectivity index (χ1n) is 8.57. The first kappa shape index (κ1) is 16.0. The van der Waals surface area contributed by atoms with Crippen molar-refractivity contribution in [1.29, 1.82) is 0 Å². The van der Waals surface area contributed by atoms with Crippen molar-refractivity contribution in [3.63, 3.8) is 0 Å². The highest BCUT2D eigenvalue weighted by Gasteiger charge is 2.34. The normalized spacial score (nSPS) is 16.2. The molecule has 4 aromatic heterocycles. The number of hydrogen-bond donors (Lipinski definition) is 2. The molecule has 4 aromatic rings. The van der Waals surface area contributed by atoms with Gasteiger partial charge in [-0.2, -0.15) is 10.2 Å². The summed E-state index contributed by atoms with van der Waals surface area (Å²) >= 11 is 1.67. The van der Waals surface area contributed by atoms with Crippen molar-refractivity contribution in [1.82, 2.24) is 25.0 Å². The average Bonchev–Trinajstić information content (AvgIpc) is 3.42. The molecule has 1 atom stereocenters. The second-order valence-corrected chi connectivity index (χ2v) is 7.57. The van der Waals surface area contributed by atoms with Crippen LogP contribution in [-0.4, -0.2) is 30.9 Å². The Morgan fingerprint density at radius 2 is 2.15 bits per heavy atom. The lowest BCUT2D eigenvalue weighted by Crippen LogP contribution is -2.24. The number of hydrogen-bond acceptors (Lipinski definition) is 5. The van der Waals surface area contributed by atoms with Crippen molar-refractivity contribution >= 4 is 23.1 Å². The predicted molar refractivity (Wildman–Crippen MR) is 103 cm³/mol. The fraction of sp³-hybridized carbons (Fsp3) is 0.158. The number of carbonyl (C=O) groups excluding carboxylic acids is 1. The van der Waals surface area contributed by atoms with Gasteiger partial charge in [0.05, 0.1) is 16.3 Å². The molecule has 134 valence electrons. The van der Waals surface area contributed by atoms with Gasteiger partial charge in [0.25, 0.3) is 0 Å². The summed E-state index contributed by atoms with van der Waals surface area (Å²) < 4.78 is 1.74. The Morgan fingerprint density at radius 3 is 2.93 bits per heavy atom. The summed E-state index contributed by atoms with van der Waals surface area (Å²) in [4.78, 5) is 18.8. The molecule has 0 fully saturated rings. The highest BCUT2D eigenvalue weighted by molar-refractivity contribution is 7.15. The summed E-state index contributed by atoms with van der Waals surface area (Å²) in [5.41, 5.74) is 3.83. The highest BCUT2D eigenvalue weighted by atomic mass is 32.1. The number of anilines is 1. The Labute approximate surface area is 159 Å². The SMILES string of the molecule is Cn1nc(-c2cccnc2)c2c1NC(=O)C[C@H]2c1ccc(-c2ccn[nH]2)s1. The lowest BCUT2D eigenvalue weighted by atomic mass is 9.89. The van der Waals surface area contributed by atoms with Crippen molar-refractivity contribution in [2.75, 3.05) is 5.32 Å². The maximum atomic E-state index is 12.4. The number of H-pyrrole nitrogens is 1. The molecule has 8 heteroatoms. The maximum absolute atomic E-state index is 12.4. The van der Waals surface area contributed by atoms with Crippen LogP contribution in [0.2, 0.25) is 0 Å². The minimum Gasteiger partial charge on any atom is -0.311 e. The number of aromatic amines is 1. The monoisotopic (exact) mass is 376 g/mol. The van der Waals surface area contributed by atoms with Gasteiger partial charge in [-0.25, -0.2) is 0 Å². The maximum Gasteiger partial charge on any atom is 0.226 e. The number of amides is 1. The van der Waals surface area contributed by atoms with Crippen LogP contribution in [0.15, 0.2) is 48.9 Å². The summed E-state index contributed by atoms with van der Waals surface area (Å²) in [6.07, 6.45) is 5.69. The average molecular weight is 376 g/mol. The molecule has 0 spiro atoms. The van der Waals surface area contributed by atoms with E-state index in [1.54, 1.807) is 34.6 Å². The van der Waals surface area contributed by atoms with Crippen LogP contribution in [0.25, 0.3) is 21.8 Å². The van der Waals surface area contributed by atoms with Crippen molar-refractivity contribution < 1.29 is 4.79 Å². The number of thiophene rings is 1. The van der Waals surface area contributed by atoms with Crippen LogP contribution in [0.3, 0.4) is 0 Å². The molecule has 1 amide bonds. The number of fused-ring (bicyclic) bond motifs is 1. The fourth-order valence-electron chi connectivity index (χ4n) is 3.53. The third-order valence-corrected chi connectivity index (χ3v) is 5.98. The van der Waals surface area contributed by atoms with Gasteiger partial charge in [0.2, 0.25) is 5.91 Å². The van der Waals surface area contributed by atoms with Gasteiger partial charge in [-0.05, 0) is 30.3 Å². The van der Waals surface area contributed by atoms with E-state index >= 15 is 0 Å². The standard InChI is InChI=1S/C19H16N6OS/c1-25-19-17(18(24-25)11-3-2-7-20-10-11)12(9-16(26)22-19)14-4-5-15(27-14)13-6-8-21-23-13/h2-8,10,12H,9H2,1H3,(H,21,23)(H,22,26)/t12-/m0/s1. The van der Waals surface area contributed by atoms with Crippen LogP contribution < -0.4 is 5.32 Å². The van der Waals surface area contributed by atoms with Crippen LogP contribution in [0.5, 0.6) is 0 Å². The predicted octanol–water partition coefficient (Wildman–Crippen LogP) is 3.41. The Morgan fingerprint density at radius 1 is 1.22 bits per heavy atom. The van der Waals surface area contributed by atoms with E-state index in [0.717, 1.165) is 38.1 Å². The zero-order chi connectivity index (χ0) is 18.4. The van der Waals surface area contributed by atoms with Crippen molar-refractivity contribution in [2.24, 2.45) is 7.05 Å². The molecule has 0 radical (unpaired) electrons. The van der Waals surface area contributed by atoms with E-state index in [4.69, 9.17) is 0 Å². The minimum absolute atomic E-state index is 0.00438. The van der Waals surface area contributed by atoms with E-state index in [2.05, 4.69) is 37.7 Å². The Balaban J connectivity index is 1.65. The van der Waals surface area contributed by atoms with E-state index in [0.29, 0.717) is 6.42 Å². The lowest BCUT2D eigenvalue weighted by Gasteiger charge is -2.23. The summed E-state index contributed by atoms with van der Waals surface area (Å²) in [6.45, 7) is 0. The highest BCUT2D eigenvalue weighted by Crippen LogP contribution is 2.45. The third kappa shape index (κ3) is 2.65. The first-order chi connectivity index (χ1) is 13.2. The van der Waals surface area contributed by atoms with Crippen LogP contribution >= 0.6 is 11.3 Å². The molecular formula is C19H16N6OS. The van der Waals surface area contributed by atoms with Gasteiger partial charge in [0.1, 0.15) is 5.82 Å². The van der Waals surface area contributed by atoms with Gasteiger partial charge in [0, 0.05) is 54.0 Å². The Hall–Kier alpha value is -3.26. The summed E-state index contributed by atoms with van der Waals surface area (Å²) in [7, 11) is 1.85. The Bertz CT molecular complexity index is 1110. The number of rotatable bonds is 3. The first-order valence-corrected chi connectivity index (χ1v) is 9.39. The number of carbonyl (C=O) groups is 1. The summed E-state index contributed by atoms with van der Waals surface area (Å²) in [6, 6.07) is 10.00. The van der Waals surface area contributed by atoms with Crippen LogP contribution in [0.1, 0.15) is 22.8 Å².